The molecule has 0 aliphatic carbocycles. The Kier molecular flexibility index (Phi) is 4.70. The Morgan fingerprint density at radius 3 is 1.30 bits per heavy atom. The van der Waals surface area contributed by atoms with E-state index in [-0.39, 0.29) is 0 Å². The SMILES string of the molecule is C#Cc1ccc(OCCOc2ccc(C#C)cc2)cc1. The van der Waals surface area contributed by atoms with Crippen molar-refractivity contribution in [1.29, 1.82) is 0 Å². The quantitative estimate of drug-likeness (QED) is 0.609. The minimum Gasteiger partial charge on any atom is -0.490 e. The molecule has 0 spiro atoms. The largest absolute Gasteiger partial charge is 0.490 e. The van der Waals surface area contributed by atoms with Crippen molar-refractivity contribution in [1.82, 2.24) is 0 Å². The van der Waals surface area contributed by atoms with Crippen molar-refractivity contribution in [3.05, 3.63) is 59.7 Å². The highest BCUT2D eigenvalue weighted by Gasteiger charge is 1.96. The van der Waals surface area contributed by atoms with Crippen LogP contribution in [0.3, 0.4) is 0 Å². The van der Waals surface area contributed by atoms with Crippen LogP contribution in [0.25, 0.3) is 0 Å². The fourth-order valence-electron chi connectivity index (χ4n) is 1.61. The first-order valence-corrected chi connectivity index (χ1v) is 6.21. The van der Waals surface area contributed by atoms with Crippen molar-refractivity contribution in [2.75, 3.05) is 13.2 Å². The van der Waals surface area contributed by atoms with Crippen LogP contribution < -0.4 is 9.47 Å². The summed E-state index contributed by atoms with van der Waals surface area (Å²) in [6.07, 6.45) is 10.6. The van der Waals surface area contributed by atoms with E-state index in [1.54, 1.807) is 0 Å². The van der Waals surface area contributed by atoms with Gasteiger partial charge in [0.15, 0.2) is 0 Å². The summed E-state index contributed by atoms with van der Waals surface area (Å²) in [4.78, 5) is 0. The summed E-state index contributed by atoms with van der Waals surface area (Å²) in [7, 11) is 0. The minimum absolute atomic E-state index is 0.465. The molecule has 0 aromatic heterocycles. The summed E-state index contributed by atoms with van der Waals surface area (Å²) in [5.74, 6) is 6.66. The van der Waals surface area contributed by atoms with Gasteiger partial charge in [-0.1, -0.05) is 11.8 Å². The summed E-state index contributed by atoms with van der Waals surface area (Å²) in [6, 6.07) is 14.7. The standard InChI is InChI=1S/C18H14O2/c1-3-15-5-9-17(10-6-15)19-13-14-20-18-11-7-16(4-2)8-12-18/h1-2,5-12H,13-14H2. The molecule has 0 N–H and O–H groups in total. The predicted octanol–water partition coefficient (Wildman–Crippen LogP) is 3.11. The van der Waals surface area contributed by atoms with Gasteiger partial charge in [-0.05, 0) is 48.5 Å². The number of hydrogen-bond donors (Lipinski definition) is 0. The number of benzene rings is 2. The van der Waals surface area contributed by atoms with Crippen molar-refractivity contribution >= 4 is 0 Å². The molecule has 20 heavy (non-hydrogen) atoms. The molecule has 0 saturated carbocycles. The van der Waals surface area contributed by atoms with Crippen molar-refractivity contribution in [2.24, 2.45) is 0 Å². The van der Waals surface area contributed by atoms with Gasteiger partial charge >= 0.3 is 0 Å². The van der Waals surface area contributed by atoms with E-state index in [0.29, 0.717) is 13.2 Å². The van der Waals surface area contributed by atoms with Crippen LogP contribution in [0.5, 0.6) is 11.5 Å². The fraction of sp³-hybridized carbons (Fsp3) is 0.111. The second-order valence-corrected chi connectivity index (χ2v) is 4.03. The van der Waals surface area contributed by atoms with E-state index in [0.717, 1.165) is 22.6 Å². The lowest BCUT2D eigenvalue weighted by Crippen LogP contribution is -2.08. The van der Waals surface area contributed by atoms with E-state index in [9.17, 15) is 0 Å². The molecule has 0 unspecified atom stereocenters. The third-order valence-corrected chi connectivity index (χ3v) is 2.66. The molecule has 0 radical (unpaired) electrons. The highest BCUT2D eigenvalue weighted by molar-refractivity contribution is 5.37. The highest BCUT2D eigenvalue weighted by atomic mass is 16.5. The Hall–Kier alpha value is -2.84. The van der Waals surface area contributed by atoms with Crippen LogP contribution in [0, 0.1) is 24.7 Å². The lowest BCUT2D eigenvalue weighted by molar-refractivity contribution is 0.217. The van der Waals surface area contributed by atoms with E-state index < -0.39 is 0 Å². The summed E-state index contributed by atoms with van der Waals surface area (Å²) in [6.45, 7) is 0.929. The van der Waals surface area contributed by atoms with Gasteiger partial charge in [-0.25, -0.2) is 0 Å². The van der Waals surface area contributed by atoms with Gasteiger partial charge in [0, 0.05) is 11.1 Å². The Morgan fingerprint density at radius 1 is 0.650 bits per heavy atom. The van der Waals surface area contributed by atoms with Gasteiger partial charge in [0.2, 0.25) is 0 Å². The van der Waals surface area contributed by atoms with Crippen LogP contribution in [0.15, 0.2) is 48.5 Å². The van der Waals surface area contributed by atoms with Crippen LogP contribution in [0.4, 0.5) is 0 Å². The molecule has 0 atom stereocenters. The molecule has 2 rings (SSSR count). The summed E-state index contributed by atoms with van der Waals surface area (Å²) in [5, 5.41) is 0. The predicted molar refractivity (Wildman–Crippen MR) is 79.7 cm³/mol. The fourth-order valence-corrected chi connectivity index (χ4v) is 1.61. The molecule has 0 saturated heterocycles. The van der Waals surface area contributed by atoms with Crippen LogP contribution in [-0.4, -0.2) is 13.2 Å². The lowest BCUT2D eigenvalue weighted by atomic mass is 10.2. The normalized spacial score (nSPS) is 9.30. The second-order valence-electron chi connectivity index (χ2n) is 4.03. The van der Waals surface area contributed by atoms with Gasteiger partial charge in [-0.3, -0.25) is 0 Å². The Morgan fingerprint density at radius 2 is 1.00 bits per heavy atom. The summed E-state index contributed by atoms with van der Waals surface area (Å²) >= 11 is 0. The van der Waals surface area contributed by atoms with Gasteiger partial charge < -0.3 is 9.47 Å². The second kappa shape index (κ2) is 6.92. The maximum atomic E-state index is 5.55. The summed E-state index contributed by atoms with van der Waals surface area (Å²) in [5.41, 5.74) is 1.67. The van der Waals surface area contributed by atoms with Crippen LogP contribution in [-0.2, 0) is 0 Å². The molecule has 0 aliphatic rings. The molecule has 98 valence electrons. The van der Waals surface area contributed by atoms with E-state index in [1.807, 2.05) is 48.5 Å². The molecule has 0 fully saturated rings. The van der Waals surface area contributed by atoms with E-state index in [2.05, 4.69) is 11.8 Å². The first kappa shape index (κ1) is 13.6. The van der Waals surface area contributed by atoms with Gasteiger partial charge in [-0.2, -0.15) is 0 Å². The van der Waals surface area contributed by atoms with Crippen molar-refractivity contribution in [3.8, 4) is 36.2 Å². The Balaban J connectivity index is 1.75. The van der Waals surface area contributed by atoms with Gasteiger partial charge in [0.05, 0.1) is 0 Å². The average molecular weight is 262 g/mol. The molecule has 0 amide bonds. The van der Waals surface area contributed by atoms with Crippen molar-refractivity contribution in [3.63, 3.8) is 0 Å². The van der Waals surface area contributed by atoms with E-state index in [1.165, 1.54) is 0 Å². The minimum atomic E-state index is 0.465. The molecule has 2 nitrogen and oxygen atoms in total. The Labute approximate surface area is 119 Å². The summed E-state index contributed by atoms with van der Waals surface area (Å²) < 4.78 is 11.1. The zero-order valence-corrected chi connectivity index (χ0v) is 11.0. The maximum absolute atomic E-state index is 5.55. The van der Waals surface area contributed by atoms with Crippen LogP contribution >= 0.6 is 0 Å². The average Bonchev–Trinajstić information content (AvgIpc) is 2.53. The molecular formula is C18H14O2. The first-order valence-electron chi connectivity index (χ1n) is 6.21. The van der Waals surface area contributed by atoms with E-state index in [4.69, 9.17) is 22.3 Å². The topological polar surface area (TPSA) is 18.5 Å². The van der Waals surface area contributed by atoms with E-state index >= 15 is 0 Å². The lowest BCUT2D eigenvalue weighted by Gasteiger charge is -2.08. The Bertz CT molecular complexity index is 566. The molecular weight excluding hydrogens is 248 g/mol. The smallest absolute Gasteiger partial charge is 0.122 e. The number of hydrogen-bond acceptors (Lipinski definition) is 2. The number of terminal acetylenes is 2. The van der Waals surface area contributed by atoms with Gasteiger partial charge in [0.1, 0.15) is 24.7 Å². The monoisotopic (exact) mass is 262 g/mol. The highest BCUT2D eigenvalue weighted by Crippen LogP contribution is 2.13. The third-order valence-electron chi connectivity index (χ3n) is 2.66. The van der Waals surface area contributed by atoms with Gasteiger partial charge in [-0.15, -0.1) is 12.8 Å². The number of ether oxygens (including phenoxy) is 2. The van der Waals surface area contributed by atoms with Crippen LogP contribution in [0.1, 0.15) is 11.1 Å². The van der Waals surface area contributed by atoms with Gasteiger partial charge in [0.25, 0.3) is 0 Å². The molecule has 0 aliphatic heterocycles. The maximum Gasteiger partial charge on any atom is 0.122 e. The zero-order valence-electron chi connectivity index (χ0n) is 11.0. The zero-order chi connectivity index (χ0) is 14.2. The molecule has 2 heteroatoms. The number of rotatable bonds is 5. The molecule has 0 bridgehead atoms. The van der Waals surface area contributed by atoms with Crippen molar-refractivity contribution in [2.45, 2.75) is 0 Å². The third kappa shape index (κ3) is 3.83. The molecule has 2 aromatic rings. The molecule has 0 heterocycles. The molecule has 2 aromatic carbocycles. The van der Waals surface area contributed by atoms with Crippen LogP contribution in [0.2, 0.25) is 0 Å². The first-order chi connectivity index (χ1) is 9.81. The van der Waals surface area contributed by atoms with Crippen molar-refractivity contribution < 1.29 is 9.47 Å².